The van der Waals surface area contributed by atoms with Gasteiger partial charge in [0.05, 0.1) is 12.6 Å². The van der Waals surface area contributed by atoms with Gasteiger partial charge in [0, 0.05) is 51.7 Å². The number of pyridine rings is 1. The fourth-order valence-corrected chi connectivity index (χ4v) is 4.31. The Morgan fingerprint density at radius 2 is 1.86 bits per heavy atom. The van der Waals surface area contributed by atoms with Gasteiger partial charge in [0.15, 0.2) is 0 Å². The Labute approximate surface area is 179 Å². The minimum absolute atomic E-state index is 0.703. The molecule has 0 bridgehead atoms. The van der Waals surface area contributed by atoms with Gasteiger partial charge in [-0.1, -0.05) is 11.6 Å². The molecule has 0 aliphatic rings. The van der Waals surface area contributed by atoms with Gasteiger partial charge >= 0.3 is 0 Å². The van der Waals surface area contributed by atoms with Gasteiger partial charge in [0.25, 0.3) is 0 Å². The van der Waals surface area contributed by atoms with Gasteiger partial charge in [-0.25, -0.2) is 0 Å². The molecule has 0 aliphatic heterocycles. The lowest BCUT2D eigenvalue weighted by Gasteiger charge is -2.10. The molecule has 0 fully saturated rings. The third-order valence-electron chi connectivity index (χ3n) is 4.66. The van der Waals surface area contributed by atoms with Crippen molar-refractivity contribution >= 4 is 39.5 Å². The number of anilines is 1. The molecular weight excluding hydrogens is 402 g/mol. The molecule has 4 rings (SSSR count). The number of rotatable bonds is 8. The molecule has 148 valence electrons. The lowest BCUT2D eigenvalue weighted by Crippen LogP contribution is -2.21. The van der Waals surface area contributed by atoms with E-state index < -0.39 is 0 Å². The molecular formula is C23H22ClN3OS. The van der Waals surface area contributed by atoms with Crippen LogP contribution in [0.2, 0.25) is 5.02 Å². The molecule has 2 aromatic carbocycles. The van der Waals surface area contributed by atoms with Gasteiger partial charge in [-0.2, -0.15) is 0 Å². The van der Waals surface area contributed by atoms with E-state index in [4.69, 9.17) is 16.3 Å². The van der Waals surface area contributed by atoms with E-state index in [0.29, 0.717) is 5.02 Å². The van der Waals surface area contributed by atoms with Crippen LogP contribution >= 0.6 is 22.9 Å². The average molecular weight is 424 g/mol. The zero-order chi connectivity index (χ0) is 20.1. The second-order valence-electron chi connectivity index (χ2n) is 6.62. The number of hydrogen-bond donors (Lipinski definition) is 2. The van der Waals surface area contributed by atoms with Gasteiger partial charge in [-0.05, 0) is 66.2 Å². The summed E-state index contributed by atoms with van der Waals surface area (Å²) in [7, 11) is 1.69. The van der Waals surface area contributed by atoms with Crippen LogP contribution in [0.4, 0.5) is 5.69 Å². The second-order valence-corrected chi connectivity index (χ2v) is 8.22. The van der Waals surface area contributed by atoms with Crippen molar-refractivity contribution in [3.05, 3.63) is 76.8 Å². The van der Waals surface area contributed by atoms with Crippen LogP contribution in [-0.4, -0.2) is 25.2 Å². The molecule has 0 spiro atoms. The zero-order valence-corrected chi connectivity index (χ0v) is 17.7. The zero-order valence-electron chi connectivity index (χ0n) is 16.1. The van der Waals surface area contributed by atoms with E-state index in [-0.39, 0.29) is 0 Å². The van der Waals surface area contributed by atoms with Crippen molar-refractivity contribution in [2.24, 2.45) is 0 Å². The first-order valence-corrected chi connectivity index (χ1v) is 10.6. The molecule has 0 atom stereocenters. The Morgan fingerprint density at radius 1 is 1.00 bits per heavy atom. The first kappa shape index (κ1) is 19.7. The van der Waals surface area contributed by atoms with Crippen LogP contribution in [0, 0.1) is 0 Å². The Bertz CT molecular complexity index is 1090. The Morgan fingerprint density at radius 3 is 2.69 bits per heavy atom. The SMILES string of the molecule is COc1ccc(-c2ccc(CNCCNc3ccnc4cc(Cl)ccc34)s2)cc1. The van der Waals surface area contributed by atoms with Crippen molar-refractivity contribution in [2.45, 2.75) is 6.54 Å². The maximum absolute atomic E-state index is 6.05. The molecule has 6 heteroatoms. The van der Waals surface area contributed by atoms with Crippen molar-refractivity contribution in [2.75, 3.05) is 25.5 Å². The Hall–Kier alpha value is -2.60. The molecule has 2 N–H and O–H groups in total. The summed E-state index contributed by atoms with van der Waals surface area (Å²) in [6, 6.07) is 20.3. The molecule has 0 saturated heterocycles. The Kier molecular flexibility index (Phi) is 6.30. The van der Waals surface area contributed by atoms with E-state index in [2.05, 4.69) is 39.9 Å². The van der Waals surface area contributed by atoms with Crippen molar-refractivity contribution in [3.63, 3.8) is 0 Å². The highest BCUT2D eigenvalue weighted by Crippen LogP contribution is 2.29. The lowest BCUT2D eigenvalue weighted by atomic mass is 10.2. The van der Waals surface area contributed by atoms with Crippen molar-refractivity contribution in [3.8, 4) is 16.2 Å². The molecule has 2 aromatic heterocycles. The molecule has 4 aromatic rings. The molecule has 4 nitrogen and oxygen atoms in total. The fraction of sp³-hybridized carbons (Fsp3) is 0.174. The minimum atomic E-state index is 0.703. The summed E-state index contributed by atoms with van der Waals surface area (Å²) in [5.41, 5.74) is 3.19. The largest absolute Gasteiger partial charge is 0.497 e. The van der Waals surface area contributed by atoms with Gasteiger partial charge in [0.1, 0.15) is 5.75 Å². The van der Waals surface area contributed by atoms with Crippen LogP contribution < -0.4 is 15.4 Å². The van der Waals surface area contributed by atoms with E-state index in [1.54, 1.807) is 13.3 Å². The first-order chi connectivity index (χ1) is 14.2. The van der Waals surface area contributed by atoms with Crippen LogP contribution in [-0.2, 0) is 6.54 Å². The van der Waals surface area contributed by atoms with Gasteiger partial charge < -0.3 is 15.4 Å². The monoisotopic (exact) mass is 423 g/mol. The second kappa shape index (κ2) is 9.27. The molecule has 0 aliphatic carbocycles. The molecule has 29 heavy (non-hydrogen) atoms. The van der Waals surface area contributed by atoms with Gasteiger partial charge in [0.2, 0.25) is 0 Å². The average Bonchev–Trinajstić information content (AvgIpc) is 3.22. The van der Waals surface area contributed by atoms with E-state index in [1.165, 1.54) is 15.3 Å². The number of hydrogen-bond acceptors (Lipinski definition) is 5. The summed E-state index contributed by atoms with van der Waals surface area (Å²) < 4.78 is 5.23. The number of benzene rings is 2. The number of nitrogens with zero attached hydrogens (tertiary/aromatic N) is 1. The highest BCUT2D eigenvalue weighted by atomic mass is 35.5. The summed E-state index contributed by atoms with van der Waals surface area (Å²) in [5.74, 6) is 0.879. The topological polar surface area (TPSA) is 46.2 Å². The van der Waals surface area contributed by atoms with Crippen LogP contribution in [0.25, 0.3) is 21.3 Å². The smallest absolute Gasteiger partial charge is 0.118 e. The van der Waals surface area contributed by atoms with Crippen molar-refractivity contribution in [1.82, 2.24) is 10.3 Å². The lowest BCUT2D eigenvalue weighted by molar-refractivity contribution is 0.415. The number of aromatic nitrogens is 1. The third-order valence-corrected chi connectivity index (χ3v) is 6.03. The first-order valence-electron chi connectivity index (χ1n) is 9.45. The summed E-state index contributed by atoms with van der Waals surface area (Å²) in [6.07, 6.45) is 1.81. The van der Waals surface area contributed by atoms with Crippen molar-refractivity contribution in [1.29, 1.82) is 0 Å². The third kappa shape index (κ3) is 4.88. The van der Waals surface area contributed by atoms with E-state index in [9.17, 15) is 0 Å². The van der Waals surface area contributed by atoms with E-state index in [1.807, 2.05) is 47.7 Å². The quantitative estimate of drug-likeness (QED) is 0.350. The normalized spacial score (nSPS) is 11.0. The summed E-state index contributed by atoms with van der Waals surface area (Å²) in [5, 5.41) is 8.77. The number of thiophene rings is 1. The number of nitrogens with one attached hydrogen (secondary N) is 2. The maximum Gasteiger partial charge on any atom is 0.118 e. The highest BCUT2D eigenvalue weighted by Gasteiger charge is 2.04. The maximum atomic E-state index is 6.05. The van der Waals surface area contributed by atoms with E-state index in [0.717, 1.165) is 42.0 Å². The van der Waals surface area contributed by atoms with E-state index >= 15 is 0 Å². The van der Waals surface area contributed by atoms with Crippen LogP contribution in [0.1, 0.15) is 4.88 Å². The number of ether oxygens (including phenoxy) is 1. The number of fused-ring (bicyclic) bond motifs is 1. The standard InChI is InChI=1S/C23H22ClN3OS/c1-28-18-5-2-16(3-6-18)23-9-7-19(29-23)15-25-12-13-27-21-10-11-26-22-14-17(24)4-8-20(21)22/h2-11,14,25H,12-13,15H2,1H3,(H,26,27). The minimum Gasteiger partial charge on any atom is -0.497 e. The van der Waals surface area contributed by atoms with Gasteiger partial charge in [-0.15, -0.1) is 11.3 Å². The molecule has 0 saturated carbocycles. The fourth-order valence-electron chi connectivity index (χ4n) is 3.16. The van der Waals surface area contributed by atoms with Crippen LogP contribution in [0.15, 0.2) is 66.9 Å². The van der Waals surface area contributed by atoms with Crippen molar-refractivity contribution < 1.29 is 4.74 Å². The molecule has 0 unspecified atom stereocenters. The molecule has 0 radical (unpaired) electrons. The summed E-state index contributed by atoms with van der Waals surface area (Å²) in [6.45, 7) is 2.56. The highest BCUT2D eigenvalue weighted by molar-refractivity contribution is 7.15. The summed E-state index contributed by atoms with van der Waals surface area (Å²) >= 11 is 7.87. The number of methoxy groups -OCH3 is 1. The summed E-state index contributed by atoms with van der Waals surface area (Å²) in [4.78, 5) is 6.97. The molecule has 2 heterocycles. The van der Waals surface area contributed by atoms with Gasteiger partial charge in [-0.3, -0.25) is 4.98 Å². The van der Waals surface area contributed by atoms with Crippen LogP contribution in [0.3, 0.4) is 0 Å². The predicted molar refractivity (Wildman–Crippen MR) is 123 cm³/mol. The molecule has 0 amide bonds. The number of halogens is 1. The predicted octanol–water partition coefficient (Wildman–Crippen LogP) is 5.83. The Balaban J connectivity index is 1.28. The van der Waals surface area contributed by atoms with Crippen LogP contribution in [0.5, 0.6) is 5.75 Å².